The average molecular weight is 837 g/mol. The highest BCUT2D eigenvalue weighted by atomic mass is 16.5. The third-order valence-corrected chi connectivity index (χ3v) is 11.8. The van der Waals surface area contributed by atoms with Gasteiger partial charge < -0.3 is 40.5 Å². The van der Waals surface area contributed by atoms with Crippen LogP contribution in [-0.4, -0.2) is 91.4 Å². The molecular weight excluding hydrogens is 785 g/mol. The zero-order chi connectivity index (χ0) is 43.3. The highest BCUT2D eigenvalue weighted by Crippen LogP contribution is 2.36. The average Bonchev–Trinajstić information content (AvgIpc) is 4.14. The van der Waals surface area contributed by atoms with E-state index in [1.54, 1.807) is 11.1 Å². The quantitative estimate of drug-likeness (QED) is 0.0840. The third kappa shape index (κ3) is 8.74. The van der Waals surface area contributed by atoms with E-state index in [1.807, 2.05) is 105 Å². The predicted molar refractivity (Wildman–Crippen MR) is 235 cm³/mol. The van der Waals surface area contributed by atoms with Gasteiger partial charge >= 0.3 is 12.1 Å². The zero-order valence-electron chi connectivity index (χ0n) is 35.4. The van der Waals surface area contributed by atoms with Crippen LogP contribution < -0.4 is 16.0 Å². The number of alkyl carbamates (subject to hydrolysis) is 1. The molecular formula is C47H52N10O5. The Hall–Kier alpha value is -7.03. The number of aromatic amines is 2. The van der Waals surface area contributed by atoms with Gasteiger partial charge in [-0.2, -0.15) is 0 Å². The molecule has 0 radical (unpaired) electrons. The maximum atomic E-state index is 14.1. The Kier molecular flexibility index (Phi) is 12.3. The van der Waals surface area contributed by atoms with Gasteiger partial charge in [-0.05, 0) is 67.9 Å². The number of rotatable bonds is 12. The van der Waals surface area contributed by atoms with Gasteiger partial charge in [-0.15, -0.1) is 0 Å². The van der Waals surface area contributed by atoms with Crippen LogP contribution in [0.25, 0.3) is 44.7 Å². The van der Waals surface area contributed by atoms with Gasteiger partial charge in [0.1, 0.15) is 23.7 Å². The molecule has 0 spiro atoms. The number of imidazole rings is 2. The van der Waals surface area contributed by atoms with E-state index in [9.17, 15) is 19.2 Å². The lowest BCUT2D eigenvalue weighted by Crippen LogP contribution is -2.51. The molecule has 62 heavy (non-hydrogen) atoms. The Balaban J connectivity index is 0.942. The largest absolute Gasteiger partial charge is 0.453 e. The fourth-order valence-corrected chi connectivity index (χ4v) is 8.52. The number of hydrogen-bond donors (Lipinski definition) is 5. The van der Waals surface area contributed by atoms with Crippen molar-refractivity contribution in [3.63, 3.8) is 0 Å². The lowest BCUT2D eigenvalue weighted by Gasteiger charge is -2.30. The molecule has 0 aliphatic carbocycles. The first-order valence-corrected chi connectivity index (χ1v) is 21.3. The van der Waals surface area contributed by atoms with Crippen LogP contribution in [0.5, 0.6) is 0 Å². The highest BCUT2D eigenvalue weighted by molar-refractivity contribution is 5.89. The summed E-state index contributed by atoms with van der Waals surface area (Å²) in [6, 6.07) is 25.2. The number of amides is 5. The van der Waals surface area contributed by atoms with Crippen molar-refractivity contribution in [1.82, 2.24) is 50.7 Å². The van der Waals surface area contributed by atoms with E-state index in [-0.39, 0.29) is 35.8 Å². The number of aromatic nitrogens is 5. The summed E-state index contributed by atoms with van der Waals surface area (Å²) in [7, 11) is 1.29. The number of urea groups is 1. The number of carbonyl (C=O) groups excluding carboxylic acids is 4. The standard InChI is InChI=1S/C47H52N10O5/c1-5-48-46(60)54-41(31-11-7-6-8-12-31)45(59)57-24-10-14-39(57)43-50-27-37(53-43)33-20-22-35-32(25-33)19-21-34(51-35)29-15-17-30(18-16-29)36-26-49-42(52-36)38-13-9-23-56(38)44(58)40(28(2)3)55-47(61)62-4/h6-8,11-12,15-22,25-28,38-41H,5,9-10,13-14,23-24H2,1-4H3,(H,49,52)(H,50,53)(H,55,61)(H2,48,54,60)/t38-,39-,40-,41+/m0/s1. The second-order valence-corrected chi connectivity index (χ2v) is 16.1. The molecule has 4 atom stereocenters. The minimum Gasteiger partial charge on any atom is -0.453 e. The molecule has 0 bridgehead atoms. The second kappa shape index (κ2) is 18.3. The molecule has 0 saturated carbocycles. The van der Waals surface area contributed by atoms with E-state index in [4.69, 9.17) is 14.7 Å². The Morgan fingerprint density at radius 3 is 2.19 bits per heavy atom. The number of nitrogens with one attached hydrogen (secondary N) is 5. The molecule has 2 fully saturated rings. The van der Waals surface area contributed by atoms with Crippen molar-refractivity contribution in [3.05, 3.63) is 115 Å². The lowest BCUT2D eigenvalue weighted by molar-refractivity contribution is -0.135. The van der Waals surface area contributed by atoms with E-state index < -0.39 is 18.2 Å². The van der Waals surface area contributed by atoms with Crippen molar-refractivity contribution in [3.8, 4) is 33.8 Å². The number of methoxy groups -OCH3 is 1. The molecule has 8 rings (SSSR count). The topological polar surface area (TPSA) is 190 Å². The van der Waals surface area contributed by atoms with E-state index in [1.165, 1.54) is 7.11 Å². The summed E-state index contributed by atoms with van der Waals surface area (Å²) in [5, 5.41) is 9.29. The van der Waals surface area contributed by atoms with Crippen LogP contribution in [0.2, 0.25) is 0 Å². The molecule has 3 aromatic heterocycles. The van der Waals surface area contributed by atoms with Crippen molar-refractivity contribution < 1.29 is 23.9 Å². The van der Waals surface area contributed by atoms with Crippen LogP contribution in [0.4, 0.5) is 9.59 Å². The van der Waals surface area contributed by atoms with Gasteiger partial charge in [-0.1, -0.05) is 80.6 Å². The Morgan fingerprint density at radius 1 is 0.790 bits per heavy atom. The van der Waals surface area contributed by atoms with Gasteiger partial charge in [0.25, 0.3) is 0 Å². The van der Waals surface area contributed by atoms with Crippen LogP contribution >= 0.6 is 0 Å². The Bertz CT molecular complexity index is 2550. The van der Waals surface area contributed by atoms with Crippen LogP contribution in [0.1, 0.15) is 81.8 Å². The normalized spacial score (nSPS) is 17.2. The molecule has 5 heterocycles. The number of carbonyl (C=O) groups is 4. The number of benzene rings is 3. The molecule has 2 aliphatic rings. The number of nitrogens with zero attached hydrogens (tertiary/aromatic N) is 5. The molecule has 320 valence electrons. The molecule has 15 heteroatoms. The summed E-state index contributed by atoms with van der Waals surface area (Å²) >= 11 is 0. The van der Waals surface area contributed by atoms with E-state index in [0.29, 0.717) is 31.3 Å². The molecule has 2 saturated heterocycles. The van der Waals surface area contributed by atoms with Gasteiger partial charge in [0.15, 0.2) is 0 Å². The number of hydrogen-bond acceptors (Lipinski definition) is 8. The fraction of sp³-hybridized carbons (Fsp3) is 0.340. The number of ether oxygens (including phenoxy) is 1. The van der Waals surface area contributed by atoms with Crippen molar-refractivity contribution >= 4 is 34.8 Å². The molecule has 5 amide bonds. The van der Waals surface area contributed by atoms with E-state index >= 15 is 0 Å². The van der Waals surface area contributed by atoms with E-state index in [0.717, 1.165) is 75.9 Å². The third-order valence-electron chi connectivity index (χ3n) is 11.8. The Morgan fingerprint density at radius 2 is 1.48 bits per heavy atom. The summed E-state index contributed by atoms with van der Waals surface area (Å²) < 4.78 is 4.77. The number of pyridine rings is 1. The molecule has 15 nitrogen and oxygen atoms in total. The minimum absolute atomic E-state index is 0.111. The number of H-pyrrole nitrogens is 2. The summed E-state index contributed by atoms with van der Waals surface area (Å²) in [5.74, 6) is 0.995. The zero-order valence-corrected chi connectivity index (χ0v) is 35.4. The Labute approximate surface area is 360 Å². The van der Waals surface area contributed by atoms with Crippen molar-refractivity contribution in [2.75, 3.05) is 26.7 Å². The van der Waals surface area contributed by atoms with Gasteiger partial charge in [0.05, 0.1) is 48.0 Å². The molecule has 5 N–H and O–H groups in total. The second-order valence-electron chi connectivity index (χ2n) is 16.1. The summed E-state index contributed by atoms with van der Waals surface area (Å²) in [4.78, 5) is 77.2. The van der Waals surface area contributed by atoms with Crippen LogP contribution in [0.3, 0.4) is 0 Å². The molecule has 6 aromatic rings. The monoisotopic (exact) mass is 836 g/mol. The van der Waals surface area contributed by atoms with Gasteiger partial charge in [-0.25, -0.2) is 24.5 Å². The highest BCUT2D eigenvalue weighted by Gasteiger charge is 2.38. The SMILES string of the molecule is CCNC(=O)N[C@@H](C(=O)N1CCC[C@H]1c1nc(-c2ccc3nc(-c4ccc(-c5cnc([C@@H]6CCCN6C(=O)[C@@H](NC(=O)OC)C(C)C)[nH]5)cc4)ccc3c2)c[nH]1)c1ccccc1. The number of fused-ring (bicyclic) bond motifs is 1. The first-order chi connectivity index (χ1) is 30.1. The smallest absolute Gasteiger partial charge is 0.407 e. The number of likely N-dealkylation sites (tertiary alicyclic amines) is 2. The van der Waals surface area contributed by atoms with E-state index in [2.05, 4.69) is 43.0 Å². The molecule has 0 unspecified atom stereocenters. The van der Waals surface area contributed by atoms with Crippen molar-refractivity contribution in [2.24, 2.45) is 5.92 Å². The summed E-state index contributed by atoms with van der Waals surface area (Å²) in [6.45, 7) is 7.24. The van der Waals surface area contributed by atoms with Gasteiger partial charge in [0.2, 0.25) is 11.8 Å². The van der Waals surface area contributed by atoms with Crippen LogP contribution in [0.15, 0.2) is 97.3 Å². The maximum Gasteiger partial charge on any atom is 0.407 e. The van der Waals surface area contributed by atoms with Crippen molar-refractivity contribution in [1.29, 1.82) is 0 Å². The lowest BCUT2D eigenvalue weighted by atomic mass is 10.0. The summed E-state index contributed by atoms with van der Waals surface area (Å²) in [6.07, 6.45) is 6.25. The summed E-state index contributed by atoms with van der Waals surface area (Å²) in [5.41, 5.74) is 6.87. The first kappa shape index (κ1) is 41.7. The molecule has 3 aromatic carbocycles. The maximum absolute atomic E-state index is 14.1. The minimum atomic E-state index is -0.824. The van der Waals surface area contributed by atoms with Crippen LogP contribution in [0, 0.1) is 5.92 Å². The van der Waals surface area contributed by atoms with Crippen molar-refractivity contribution in [2.45, 2.75) is 70.6 Å². The molecule has 2 aliphatic heterocycles. The fourth-order valence-electron chi connectivity index (χ4n) is 8.52. The van der Waals surface area contributed by atoms with Crippen LogP contribution in [-0.2, 0) is 14.3 Å². The van der Waals surface area contributed by atoms with Gasteiger partial charge in [-0.3, -0.25) is 9.59 Å². The predicted octanol–water partition coefficient (Wildman–Crippen LogP) is 7.45. The first-order valence-electron chi connectivity index (χ1n) is 21.3. The van der Waals surface area contributed by atoms with Gasteiger partial charge in [0, 0.05) is 42.3 Å².